The molecule has 0 spiro atoms. The second kappa shape index (κ2) is 7.35. The molecule has 0 aliphatic heterocycles. The van der Waals surface area contributed by atoms with Gasteiger partial charge >= 0.3 is 0 Å². The Morgan fingerprint density at radius 2 is 1.76 bits per heavy atom. The van der Waals surface area contributed by atoms with Gasteiger partial charge in [0, 0.05) is 30.6 Å². The van der Waals surface area contributed by atoms with Crippen LogP contribution in [-0.2, 0) is 16.4 Å². The Morgan fingerprint density at radius 1 is 1.08 bits per heavy atom. The Hall–Kier alpha value is -2.22. The fraction of sp³-hybridized carbons (Fsp3) is 0.176. The van der Waals surface area contributed by atoms with Crippen molar-refractivity contribution in [2.45, 2.75) is 11.3 Å². The van der Waals surface area contributed by atoms with Crippen molar-refractivity contribution < 1.29 is 12.9 Å². The largest absolute Gasteiger partial charge is 0.334 e. The molecule has 0 amide bonds. The molecule has 25 heavy (non-hydrogen) atoms. The minimum atomic E-state index is -3.53. The molecule has 0 saturated heterocycles. The molecule has 0 radical (unpaired) electrons. The number of halogens is 1. The van der Waals surface area contributed by atoms with Crippen LogP contribution in [0.3, 0.4) is 0 Å². The average molecular weight is 378 g/mol. The number of nitrogens with zero attached hydrogens (tertiary/aromatic N) is 3. The second-order valence-electron chi connectivity index (χ2n) is 5.41. The minimum absolute atomic E-state index is 0.247. The Morgan fingerprint density at radius 3 is 2.44 bits per heavy atom. The Bertz CT molecular complexity index is 941. The molecule has 0 aliphatic rings. The van der Waals surface area contributed by atoms with Gasteiger partial charge in [0.05, 0.1) is 4.90 Å². The number of sulfonamides is 1. The van der Waals surface area contributed by atoms with Gasteiger partial charge in [0.15, 0.2) is 5.82 Å². The smallest absolute Gasteiger partial charge is 0.257 e. The molecule has 6 nitrogen and oxygen atoms in total. The van der Waals surface area contributed by atoms with Crippen molar-refractivity contribution in [2.75, 3.05) is 13.6 Å². The van der Waals surface area contributed by atoms with E-state index in [2.05, 4.69) is 10.1 Å². The van der Waals surface area contributed by atoms with Crippen molar-refractivity contribution in [2.24, 2.45) is 0 Å². The molecule has 0 unspecified atom stereocenters. The summed E-state index contributed by atoms with van der Waals surface area (Å²) >= 11 is 5.85. The fourth-order valence-electron chi connectivity index (χ4n) is 2.22. The standard InChI is InChI=1S/C17H16ClN3O3S/c1-21(25(22,23)15-5-3-2-4-6-15)12-11-16-19-17(24-20-16)13-7-9-14(18)10-8-13/h2-10H,11-12H2,1H3. The van der Waals surface area contributed by atoms with Crippen molar-refractivity contribution in [3.8, 4) is 11.5 Å². The van der Waals surface area contributed by atoms with E-state index in [1.807, 2.05) is 0 Å². The maximum Gasteiger partial charge on any atom is 0.257 e. The number of hydrogen-bond acceptors (Lipinski definition) is 5. The number of likely N-dealkylation sites (N-methyl/N-ethyl adjacent to an activating group) is 1. The van der Waals surface area contributed by atoms with Gasteiger partial charge in [0.2, 0.25) is 10.0 Å². The van der Waals surface area contributed by atoms with Gasteiger partial charge in [-0.3, -0.25) is 0 Å². The molecular formula is C17H16ClN3O3S. The predicted octanol–water partition coefficient (Wildman–Crippen LogP) is 3.25. The van der Waals surface area contributed by atoms with Gasteiger partial charge in [0.1, 0.15) is 0 Å². The highest BCUT2D eigenvalue weighted by atomic mass is 35.5. The second-order valence-corrected chi connectivity index (χ2v) is 7.89. The lowest BCUT2D eigenvalue weighted by Gasteiger charge is -2.16. The van der Waals surface area contributed by atoms with Crippen molar-refractivity contribution in [3.63, 3.8) is 0 Å². The normalized spacial score (nSPS) is 11.8. The van der Waals surface area contributed by atoms with Crippen LogP contribution in [0, 0.1) is 0 Å². The SMILES string of the molecule is CN(CCc1noc(-c2ccc(Cl)cc2)n1)S(=O)(=O)c1ccccc1. The molecule has 2 aromatic carbocycles. The molecule has 3 aromatic rings. The van der Waals surface area contributed by atoms with Crippen LogP contribution >= 0.6 is 11.6 Å². The number of benzene rings is 2. The van der Waals surface area contributed by atoms with E-state index in [0.29, 0.717) is 23.2 Å². The number of aromatic nitrogens is 2. The summed E-state index contributed by atoms with van der Waals surface area (Å²) in [6, 6.07) is 15.3. The lowest BCUT2D eigenvalue weighted by molar-refractivity contribution is 0.415. The predicted molar refractivity (Wildman–Crippen MR) is 94.7 cm³/mol. The van der Waals surface area contributed by atoms with Gasteiger partial charge in [0.25, 0.3) is 5.89 Å². The minimum Gasteiger partial charge on any atom is -0.334 e. The molecule has 1 aromatic heterocycles. The molecule has 8 heteroatoms. The van der Waals surface area contributed by atoms with Gasteiger partial charge in [-0.1, -0.05) is 35.0 Å². The average Bonchev–Trinajstić information content (AvgIpc) is 3.10. The van der Waals surface area contributed by atoms with E-state index in [-0.39, 0.29) is 11.4 Å². The van der Waals surface area contributed by atoms with E-state index >= 15 is 0 Å². The van der Waals surface area contributed by atoms with Gasteiger partial charge in [-0.25, -0.2) is 12.7 Å². The summed E-state index contributed by atoms with van der Waals surface area (Å²) in [5.74, 6) is 0.820. The maximum absolute atomic E-state index is 12.5. The number of hydrogen-bond donors (Lipinski definition) is 0. The van der Waals surface area contributed by atoms with Crippen LogP contribution in [0.2, 0.25) is 5.02 Å². The third-order valence-corrected chi connectivity index (χ3v) is 5.78. The Kier molecular flexibility index (Phi) is 5.17. The molecule has 3 rings (SSSR count). The summed E-state index contributed by atoms with van der Waals surface area (Å²) in [5, 5.41) is 4.52. The van der Waals surface area contributed by atoms with Gasteiger partial charge in [-0.05, 0) is 36.4 Å². The van der Waals surface area contributed by atoms with E-state index in [1.165, 1.54) is 11.4 Å². The lowest BCUT2D eigenvalue weighted by atomic mass is 10.2. The van der Waals surface area contributed by atoms with Crippen LogP contribution in [0.4, 0.5) is 0 Å². The quantitative estimate of drug-likeness (QED) is 0.659. The van der Waals surface area contributed by atoms with Crippen LogP contribution in [-0.4, -0.2) is 36.5 Å². The zero-order valence-corrected chi connectivity index (χ0v) is 15.0. The molecule has 0 fully saturated rings. The molecular weight excluding hydrogens is 362 g/mol. The summed E-state index contributed by atoms with van der Waals surface area (Å²) in [4.78, 5) is 4.55. The summed E-state index contributed by atoms with van der Waals surface area (Å²) in [6.07, 6.45) is 0.347. The zero-order valence-electron chi connectivity index (χ0n) is 13.5. The first-order chi connectivity index (χ1) is 12.0. The van der Waals surface area contributed by atoms with Crippen LogP contribution < -0.4 is 0 Å². The topological polar surface area (TPSA) is 76.3 Å². The third kappa shape index (κ3) is 4.07. The highest BCUT2D eigenvalue weighted by Gasteiger charge is 2.20. The lowest BCUT2D eigenvalue weighted by Crippen LogP contribution is -2.29. The van der Waals surface area contributed by atoms with Gasteiger partial charge in [-0.15, -0.1) is 0 Å². The fourth-order valence-corrected chi connectivity index (χ4v) is 3.53. The van der Waals surface area contributed by atoms with Gasteiger partial charge in [-0.2, -0.15) is 4.98 Å². The molecule has 0 N–H and O–H groups in total. The first kappa shape index (κ1) is 17.6. The van der Waals surface area contributed by atoms with Crippen LogP contribution in [0.5, 0.6) is 0 Å². The first-order valence-corrected chi connectivity index (χ1v) is 9.38. The Labute approximate surface area is 151 Å². The van der Waals surface area contributed by atoms with E-state index in [1.54, 1.807) is 54.6 Å². The molecule has 130 valence electrons. The molecule has 0 bridgehead atoms. The van der Waals surface area contributed by atoms with Crippen molar-refractivity contribution in [1.82, 2.24) is 14.4 Å². The summed E-state index contributed by atoms with van der Waals surface area (Å²) in [7, 11) is -2.00. The third-order valence-electron chi connectivity index (χ3n) is 3.66. The monoisotopic (exact) mass is 377 g/mol. The zero-order chi connectivity index (χ0) is 17.9. The highest BCUT2D eigenvalue weighted by molar-refractivity contribution is 7.89. The molecule has 0 atom stereocenters. The van der Waals surface area contributed by atoms with Crippen LogP contribution in [0.1, 0.15) is 5.82 Å². The van der Waals surface area contributed by atoms with Crippen molar-refractivity contribution in [3.05, 3.63) is 65.4 Å². The van der Waals surface area contributed by atoms with E-state index < -0.39 is 10.0 Å². The first-order valence-electron chi connectivity index (χ1n) is 7.57. The van der Waals surface area contributed by atoms with Gasteiger partial charge < -0.3 is 4.52 Å². The summed E-state index contributed by atoms with van der Waals surface area (Å²) in [6.45, 7) is 0.247. The molecule has 0 aliphatic carbocycles. The van der Waals surface area contributed by atoms with Crippen molar-refractivity contribution >= 4 is 21.6 Å². The van der Waals surface area contributed by atoms with E-state index in [9.17, 15) is 8.42 Å². The Balaban J connectivity index is 1.67. The van der Waals surface area contributed by atoms with Crippen LogP contribution in [0.25, 0.3) is 11.5 Å². The number of rotatable bonds is 6. The summed E-state index contributed by atoms with van der Waals surface area (Å²) < 4.78 is 31.4. The van der Waals surface area contributed by atoms with Crippen LogP contribution in [0.15, 0.2) is 64.0 Å². The summed E-state index contributed by atoms with van der Waals surface area (Å²) in [5.41, 5.74) is 0.758. The molecule has 1 heterocycles. The van der Waals surface area contributed by atoms with Crippen molar-refractivity contribution in [1.29, 1.82) is 0 Å². The maximum atomic E-state index is 12.5. The van der Waals surface area contributed by atoms with E-state index in [0.717, 1.165) is 5.56 Å². The highest BCUT2D eigenvalue weighted by Crippen LogP contribution is 2.20. The molecule has 0 saturated carbocycles. The van der Waals surface area contributed by atoms with E-state index in [4.69, 9.17) is 16.1 Å².